The van der Waals surface area contributed by atoms with Gasteiger partial charge in [-0.3, -0.25) is 9.69 Å². The van der Waals surface area contributed by atoms with E-state index in [0.29, 0.717) is 40.9 Å². The van der Waals surface area contributed by atoms with Gasteiger partial charge in [0.25, 0.3) is 0 Å². The molecule has 0 N–H and O–H groups in total. The molecule has 4 rings (SSSR count). The molecule has 0 unspecified atom stereocenters. The fourth-order valence-electron chi connectivity index (χ4n) is 3.54. The predicted molar refractivity (Wildman–Crippen MR) is 118 cm³/mol. The lowest BCUT2D eigenvalue weighted by Gasteiger charge is -2.26. The second-order valence-electron chi connectivity index (χ2n) is 7.17. The first-order chi connectivity index (χ1) is 14.5. The number of nitrogens with zero attached hydrogens (tertiary/aromatic N) is 1. The molecule has 2 aromatic carbocycles. The molecule has 1 aliphatic heterocycles. The van der Waals surface area contributed by atoms with Gasteiger partial charge < -0.3 is 13.9 Å². The quantitative estimate of drug-likeness (QED) is 0.523. The lowest BCUT2D eigenvalue weighted by Crippen LogP contribution is -2.38. The first kappa shape index (κ1) is 20.8. The van der Waals surface area contributed by atoms with Crippen LogP contribution >= 0.6 is 15.9 Å². The molecule has 6 nitrogen and oxygen atoms in total. The molecule has 156 valence electrons. The molecule has 0 saturated carbocycles. The third kappa shape index (κ3) is 4.33. The largest absolute Gasteiger partial charge is 0.461 e. The number of fused-ring (bicyclic) bond motifs is 1. The second kappa shape index (κ2) is 9.12. The summed E-state index contributed by atoms with van der Waals surface area (Å²) >= 11 is 3.39. The average Bonchev–Trinajstić information content (AvgIpc) is 2.77. The van der Waals surface area contributed by atoms with Gasteiger partial charge in [-0.1, -0.05) is 46.3 Å². The molecule has 0 aliphatic carbocycles. The third-order valence-corrected chi connectivity index (χ3v) is 5.64. The minimum Gasteiger partial charge on any atom is -0.461 e. The maximum absolute atomic E-state index is 13.0. The summed E-state index contributed by atoms with van der Waals surface area (Å²) in [6, 6.07) is 12.7. The Morgan fingerprint density at radius 2 is 1.90 bits per heavy atom. The number of morpholine rings is 1. The van der Waals surface area contributed by atoms with Gasteiger partial charge in [0.1, 0.15) is 17.9 Å². The van der Waals surface area contributed by atoms with Crippen LogP contribution in [-0.4, -0.2) is 50.3 Å². The van der Waals surface area contributed by atoms with E-state index in [1.807, 2.05) is 30.3 Å². The summed E-state index contributed by atoms with van der Waals surface area (Å²) < 4.78 is 17.6. The minimum absolute atomic E-state index is 0.168. The number of benzene rings is 2. The van der Waals surface area contributed by atoms with Crippen LogP contribution in [0.2, 0.25) is 0 Å². The van der Waals surface area contributed by atoms with E-state index in [0.717, 1.165) is 18.7 Å². The number of hydrogen-bond acceptors (Lipinski definition) is 6. The van der Waals surface area contributed by atoms with E-state index < -0.39 is 5.97 Å². The second-order valence-corrected chi connectivity index (χ2v) is 8.09. The monoisotopic (exact) mass is 471 g/mol. The van der Waals surface area contributed by atoms with Crippen molar-refractivity contribution < 1.29 is 18.7 Å². The van der Waals surface area contributed by atoms with Crippen molar-refractivity contribution in [2.24, 2.45) is 0 Å². The first-order valence-corrected chi connectivity index (χ1v) is 10.6. The smallest absolute Gasteiger partial charge is 0.342 e. The van der Waals surface area contributed by atoms with Gasteiger partial charge in [0.2, 0.25) is 0 Å². The summed E-state index contributed by atoms with van der Waals surface area (Å²) in [6.07, 6.45) is 0. The van der Waals surface area contributed by atoms with E-state index in [9.17, 15) is 9.59 Å². The van der Waals surface area contributed by atoms with E-state index in [1.165, 1.54) is 0 Å². The van der Waals surface area contributed by atoms with E-state index in [4.69, 9.17) is 13.9 Å². The molecule has 1 aromatic heterocycles. The van der Waals surface area contributed by atoms with Crippen LogP contribution in [0.5, 0.6) is 0 Å². The highest BCUT2D eigenvalue weighted by Crippen LogP contribution is 2.29. The maximum Gasteiger partial charge on any atom is 0.342 e. The summed E-state index contributed by atoms with van der Waals surface area (Å²) in [7, 11) is 0. The van der Waals surface area contributed by atoms with Crippen molar-refractivity contribution in [2.75, 3.05) is 39.5 Å². The van der Waals surface area contributed by atoms with E-state index in [2.05, 4.69) is 20.8 Å². The molecule has 7 heteroatoms. The van der Waals surface area contributed by atoms with Crippen LogP contribution < -0.4 is 5.43 Å². The van der Waals surface area contributed by atoms with Gasteiger partial charge in [-0.25, -0.2) is 4.79 Å². The SMILES string of the molecule is Cc1c(-c2ccccc2)oc2c(C(=O)OCCN3CCOCC3)cc(Br)cc2c1=O. The molecular weight excluding hydrogens is 450 g/mol. The molecule has 1 aliphatic rings. The van der Waals surface area contributed by atoms with Gasteiger partial charge in [0, 0.05) is 35.2 Å². The number of rotatable bonds is 5. The van der Waals surface area contributed by atoms with Crippen molar-refractivity contribution in [3.05, 3.63) is 68.3 Å². The van der Waals surface area contributed by atoms with E-state index in [-0.39, 0.29) is 23.2 Å². The fraction of sp³-hybridized carbons (Fsp3) is 0.304. The fourth-order valence-corrected chi connectivity index (χ4v) is 4.00. The molecule has 0 atom stereocenters. The van der Waals surface area contributed by atoms with Crippen molar-refractivity contribution >= 4 is 32.9 Å². The van der Waals surface area contributed by atoms with Crippen LogP contribution in [0.3, 0.4) is 0 Å². The molecule has 1 fully saturated rings. The summed E-state index contributed by atoms with van der Waals surface area (Å²) in [6.45, 7) is 5.66. The molecule has 1 saturated heterocycles. The van der Waals surface area contributed by atoms with Crippen LogP contribution in [0.15, 0.2) is 56.1 Å². The normalized spacial score (nSPS) is 14.7. The van der Waals surface area contributed by atoms with Crippen LogP contribution in [-0.2, 0) is 9.47 Å². The predicted octanol–water partition coefficient (Wildman–Crippen LogP) is 4.02. The minimum atomic E-state index is -0.513. The van der Waals surface area contributed by atoms with E-state index >= 15 is 0 Å². The van der Waals surface area contributed by atoms with Gasteiger partial charge in [-0.2, -0.15) is 0 Å². The topological polar surface area (TPSA) is 69.0 Å². The Morgan fingerprint density at radius 1 is 1.17 bits per heavy atom. The number of esters is 1. The summed E-state index contributed by atoms with van der Waals surface area (Å²) in [5.74, 6) is -0.0571. The zero-order chi connectivity index (χ0) is 21.1. The highest BCUT2D eigenvalue weighted by molar-refractivity contribution is 9.10. The lowest BCUT2D eigenvalue weighted by atomic mass is 10.0. The van der Waals surface area contributed by atoms with E-state index in [1.54, 1.807) is 19.1 Å². The van der Waals surface area contributed by atoms with Crippen LogP contribution in [0.4, 0.5) is 0 Å². The Hall–Kier alpha value is -2.48. The molecule has 0 bridgehead atoms. The first-order valence-electron chi connectivity index (χ1n) is 9.84. The highest BCUT2D eigenvalue weighted by Gasteiger charge is 2.21. The van der Waals surface area contributed by atoms with Crippen molar-refractivity contribution in [1.29, 1.82) is 0 Å². The highest BCUT2D eigenvalue weighted by atomic mass is 79.9. The van der Waals surface area contributed by atoms with Crippen LogP contribution in [0, 0.1) is 6.92 Å². The van der Waals surface area contributed by atoms with Crippen LogP contribution in [0.25, 0.3) is 22.3 Å². The molecule has 3 aromatic rings. The molecule has 0 radical (unpaired) electrons. The van der Waals surface area contributed by atoms with Crippen molar-refractivity contribution in [1.82, 2.24) is 4.90 Å². The van der Waals surface area contributed by atoms with Gasteiger partial charge in [-0.15, -0.1) is 0 Å². The average molecular weight is 472 g/mol. The Kier molecular flexibility index (Phi) is 6.32. The van der Waals surface area contributed by atoms with Crippen molar-refractivity contribution in [2.45, 2.75) is 6.92 Å². The Bertz CT molecular complexity index is 1120. The Morgan fingerprint density at radius 3 is 2.63 bits per heavy atom. The number of halogens is 1. The summed E-state index contributed by atoms with van der Waals surface area (Å²) in [4.78, 5) is 28.1. The lowest BCUT2D eigenvalue weighted by molar-refractivity contribution is 0.0196. The zero-order valence-corrected chi connectivity index (χ0v) is 18.2. The van der Waals surface area contributed by atoms with Gasteiger partial charge in [0.05, 0.1) is 18.6 Å². The van der Waals surface area contributed by atoms with Gasteiger partial charge in [0.15, 0.2) is 11.0 Å². The van der Waals surface area contributed by atoms with Crippen molar-refractivity contribution in [3.8, 4) is 11.3 Å². The number of carbonyl (C=O) groups excluding carboxylic acids is 1. The Balaban J connectivity index is 1.67. The number of hydrogen-bond donors (Lipinski definition) is 0. The third-order valence-electron chi connectivity index (χ3n) is 5.18. The Labute approximate surface area is 182 Å². The molecule has 30 heavy (non-hydrogen) atoms. The van der Waals surface area contributed by atoms with Crippen molar-refractivity contribution in [3.63, 3.8) is 0 Å². The maximum atomic E-state index is 13.0. The number of ether oxygens (including phenoxy) is 2. The van der Waals surface area contributed by atoms with Crippen LogP contribution in [0.1, 0.15) is 15.9 Å². The molecule has 0 amide bonds. The number of carbonyl (C=O) groups is 1. The standard InChI is InChI=1S/C23H22BrNO5/c1-15-20(26)18-13-17(24)14-19(22(18)30-21(15)16-5-3-2-4-6-16)23(27)29-12-9-25-7-10-28-11-8-25/h2-6,13-14H,7-12H2,1H3. The van der Waals surface area contributed by atoms with Gasteiger partial charge in [-0.05, 0) is 19.1 Å². The summed E-state index contributed by atoms with van der Waals surface area (Å²) in [5.41, 5.74) is 1.58. The molecule has 0 spiro atoms. The summed E-state index contributed by atoms with van der Waals surface area (Å²) in [5, 5.41) is 0.349. The molecule has 2 heterocycles. The molecular formula is C23H22BrNO5. The zero-order valence-electron chi connectivity index (χ0n) is 16.7. The van der Waals surface area contributed by atoms with Gasteiger partial charge >= 0.3 is 5.97 Å².